The Morgan fingerprint density at radius 1 is 1.38 bits per heavy atom. The van der Waals surface area contributed by atoms with Gasteiger partial charge in [0.15, 0.2) is 11.5 Å². The number of methoxy groups -OCH3 is 2. The highest BCUT2D eigenvalue weighted by Gasteiger charge is 2.24. The predicted octanol–water partition coefficient (Wildman–Crippen LogP) is 2.85. The highest BCUT2D eigenvalue weighted by molar-refractivity contribution is 5.79. The van der Waals surface area contributed by atoms with Gasteiger partial charge in [-0.2, -0.15) is 0 Å². The molecule has 0 aliphatic heterocycles. The smallest absolute Gasteiger partial charge is 0.223 e. The topological polar surface area (TPSA) is 47.6 Å². The molecule has 0 atom stereocenters. The first-order valence-corrected chi connectivity index (χ1v) is 7.32. The van der Waals surface area contributed by atoms with Gasteiger partial charge in [0.25, 0.3) is 0 Å². The monoisotopic (exact) mass is 289 g/mol. The SMILES string of the molecule is C=CCc1cc(CNC(=O)C2CCC2)cc(OC)c1OC. The van der Waals surface area contributed by atoms with Gasteiger partial charge in [0.2, 0.25) is 5.91 Å². The second kappa shape index (κ2) is 7.16. The molecule has 1 fully saturated rings. The second-order valence-corrected chi connectivity index (χ2v) is 5.33. The molecule has 0 bridgehead atoms. The van der Waals surface area contributed by atoms with Crippen molar-refractivity contribution in [3.8, 4) is 11.5 Å². The molecule has 1 aliphatic carbocycles. The maximum absolute atomic E-state index is 11.9. The van der Waals surface area contributed by atoms with Crippen molar-refractivity contribution in [3.63, 3.8) is 0 Å². The van der Waals surface area contributed by atoms with E-state index in [-0.39, 0.29) is 11.8 Å². The Hall–Kier alpha value is -1.97. The van der Waals surface area contributed by atoms with E-state index in [0.29, 0.717) is 18.7 Å². The molecule has 0 saturated heterocycles. The highest BCUT2D eigenvalue weighted by Crippen LogP contribution is 2.33. The molecule has 4 heteroatoms. The molecule has 0 heterocycles. The lowest BCUT2D eigenvalue weighted by Crippen LogP contribution is -2.33. The molecule has 1 saturated carbocycles. The van der Waals surface area contributed by atoms with Gasteiger partial charge in [0, 0.05) is 18.0 Å². The quantitative estimate of drug-likeness (QED) is 0.785. The first-order valence-electron chi connectivity index (χ1n) is 7.32. The summed E-state index contributed by atoms with van der Waals surface area (Å²) < 4.78 is 10.8. The van der Waals surface area contributed by atoms with Crippen LogP contribution >= 0.6 is 0 Å². The van der Waals surface area contributed by atoms with Crippen LogP contribution in [0.2, 0.25) is 0 Å². The van der Waals surface area contributed by atoms with Gasteiger partial charge in [0.05, 0.1) is 14.2 Å². The van der Waals surface area contributed by atoms with Gasteiger partial charge in [-0.25, -0.2) is 0 Å². The van der Waals surface area contributed by atoms with E-state index in [9.17, 15) is 4.79 Å². The van der Waals surface area contributed by atoms with Crippen LogP contribution in [0, 0.1) is 5.92 Å². The molecule has 0 aromatic heterocycles. The Bertz CT molecular complexity index is 521. The van der Waals surface area contributed by atoms with Gasteiger partial charge in [-0.15, -0.1) is 6.58 Å². The number of benzene rings is 1. The van der Waals surface area contributed by atoms with Crippen LogP contribution in [0.1, 0.15) is 30.4 Å². The van der Waals surface area contributed by atoms with Crippen LogP contribution in [-0.2, 0) is 17.8 Å². The molecule has 0 spiro atoms. The summed E-state index contributed by atoms with van der Waals surface area (Å²) in [4.78, 5) is 11.9. The number of hydrogen-bond acceptors (Lipinski definition) is 3. The van der Waals surface area contributed by atoms with Crippen molar-refractivity contribution < 1.29 is 14.3 Å². The Kier molecular flexibility index (Phi) is 5.26. The normalized spacial score (nSPS) is 14.2. The zero-order valence-electron chi connectivity index (χ0n) is 12.8. The molecule has 1 aliphatic rings. The number of hydrogen-bond donors (Lipinski definition) is 1. The van der Waals surface area contributed by atoms with Crippen LogP contribution in [0.15, 0.2) is 24.8 Å². The predicted molar refractivity (Wildman–Crippen MR) is 82.6 cm³/mol. The Morgan fingerprint density at radius 2 is 2.14 bits per heavy atom. The Balaban J connectivity index is 2.12. The molecule has 1 aromatic rings. The van der Waals surface area contributed by atoms with E-state index in [1.807, 2.05) is 18.2 Å². The fourth-order valence-electron chi connectivity index (χ4n) is 2.52. The van der Waals surface area contributed by atoms with E-state index in [4.69, 9.17) is 9.47 Å². The van der Waals surface area contributed by atoms with E-state index in [0.717, 1.165) is 36.1 Å². The number of carbonyl (C=O) groups is 1. The summed E-state index contributed by atoms with van der Waals surface area (Å²) >= 11 is 0. The molecular formula is C17H23NO3. The molecule has 0 radical (unpaired) electrons. The third kappa shape index (κ3) is 3.57. The van der Waals surface area contributed by atoms with Gasteiger partial charge in [0.1, 0.15) is 0 Å². The lowest BCUT2D eigenvalue weighted by Gasteiger charge is -2.24. The summed E-state index contributed by atoms with van der Waals surface area (Å²) in [6, 6.07) is 3.94. The van der Waals surface area contributed by atoms with E-state index >= 15 is 0 Å². The molecule has 0 unspecified atom stereocenters. The number of carbonyl (C=O) groups excluding carboxylic acids is 1. The van der Waals surface area contributed by atoms with Crippen LogP contribution < -0.4 is 14.8 Å². The minimum Gasteiger partial charge on any atom is -0.493 e. The number of ether oxygens (including phenoxy) is 2. The van der Waals surface area contributed by atoms with Gasteiger partial charge in [-0.05, 0) is 37.0 Å². The number of nitrogens with one attached hydrogen (secondary N) is 1. The molecule has 1 amide bonds. The first-order chi connectivity index (χ1) is 10.2. The summed E-state index contributed by atoms with van der Waals surface area (Å²) in [6.45, 7) is 4.28. The summed E-state index contributed by atoms with van der Waals surface area (Å²) in [5.74, 6) is 1.77. The van der Waals surface area contributed by atoms with Crippen molar-refractivity contribution in [2.24, 2.45) is 5.92 Å². The van der Waals surface area contributed by atoms with Crippen LogP contribution in [0.5, 0.6) is 11.5 Å². The number of rotatable bonds is 7. The lowest BCUT2D eigenvalue weighted by atomic mass is 9.85. The van der Waals surface area contributed by atoms with Gasteiger partial charge in [-0.3, -0.25) is 4.79 Å². The van der Waals surface area contributed by atoms with Crippen molar-refractivity contribution in [1.82, 2.24) is 5.32 Å². The molecule has 4 nitrogen and oxygen atoms in total. The summed E-state index contributed by atoms with van der Waals surface area (Å²) in [7, 11) is 3.24. The number of amides is 1. The standard InChI is InChI=1S/C17H23NO3/c1-4-6-14-9-12(10-15(20-2)16(14)21-3)11-18-17(19)13-7-5-8-13/h4,9-10,13H,1,5-8,11H2,2-3H3,(H,18,19). The van der Waals surface area contributed by atoms with Crippen LogP contribution in [-0.4, -0.2) is 20.1 Å². The number of allylic oxidation sites excluding steroid dienone is 1. The largest absolute Gasteiger partial charge is 0.493 e. The zero-order chi connectivity index (χ0) is 15.2. The van der Waals surface area contributed by atoms with E-state index in [1.54, 1.807) is 14.2 Å². The summed E-state index contributed by atoms with van der Waals surface area (Å²) in [5.41, 5.74) is 2.02. The minimum absolute atomic E-state index is 0.154. The average Bonchev–Trinajstić information content (AvgIpc) is 2.43. The molecule has 21 heavy (non-hydrogen) atoms. The Labute approximate surface area is 126 Å². The van der Waals surface area contributed by atoms with E-state index in [2.05, 4.69) is 11.9 Å². The van der Waals surface area contributed by atoms with E-state index < -0.39 is 0 Å². The van der Waals surface area contributed by atoms with Gasteiger partial charge < -0.3 is 14.8 Å². The Morgan fingerprint density at radius 3 is 2.67 bits per heavy atom. The fraction of sp³-hybridized carbons (Fsp3) is 0.471. The van der Waals surface area contributed by atoms with Crippen molar-refractivity contribution in [2.75, 3.05) is 14.2 Å². The third-order valence-electron chi connectivity index (χ3n) is 3.92. The maximum atomic E-state index is 11.9. The summed E-state index contributed by atoms with van der Waals surface area (Å²) in [6.07, 6.45) is 5.72. The third-order valence-corrected chi connectivity index (χ3v) is 3.92. The van der Waals surface area contributed by atoms with Crippen LogP contribution in [0.25, 0.3) is 0 Å². The molecule has 1 N–H and O–H groups in total. The van der Waals surface area contributed by atoms with E-state index in [1.165, 1.54) is 0 Å². The highest BCUT2D eigenvalue weighted by atomic mass is 16.5. The van der Waals surface area contributed by atoms with Crippen LogP contribution in [0.4, 0.5) is 0 Å². The molecule has 1 aromatic carbocycles. The van der Waals surface area contributed by atoms with Gasteiger partial charge >= 0.3 is 0 Å². The van der Waals surface area contributed by atoms with Crippen LogP contribution in [0.3, 0.4) is 0 Å². The zero-order valence-corrected chi connectivity index (χ0v) is 12.8. The van der Waals surface area contributed by atoms with Crippen molar-refractivity contribution in [2.45, 2.75) is 32.2 Å². The maximum Gasteiger partial charge on any atom is 0.223 e. The molecule has 114 valence electrons. The average molecular weight is 289 g/mol. The first kappa shape index (κ1) is 15.4. The lowest BCUT2D eigenvalue weighted by molar-refractivity contribution is -0.127. The van der Waals surface area contributed by atoms with Gasteiger partial charge in [-0.1, -0.05) is 12.5 Å². The van der Waals surface area contributed by atoms with Crippen molar-refractivity contribution in [1.29, 1.82) is 0 Å². The summed E-state index contributed by atoms with van der Waals surface area (Å²) in [5, 5.41) is 3.00. The molecule has 2 rings (SSSR count). The van der Waals surface area contributed by atoms with Crippen molar-refractivity contribution in [3.05, 3.63) is 35.9 Å². The minimum atomic E-state index is 0.154. The second-order valence-electron chi connectivity index (χ2n) is 5.33. The van der Waals surface area contributed by atoms with Crippen molar-refractivity contribution >= 4 is 5.91 Å². The molecular weight excluding hydrogens is 266 g/mol. The fourth-order valence-corrected chi connectivity index (χ4v) is 2.52.